The van der Waals surface area contributed by atoms with E-state index in [1.54, 1.807) is 30.3 Å². The summed E-state index contributed by atoms with van der Waals surface area (Å²) < 4.78 is 31.6. The summed E-state index contributed by atoms with van der Waals surface area (Å²) in [5.41, 5.74) is 0.107. The van der Waals surface area contributed by atoms with Gasteiger partial charge in [0.25, 0.3) is 10.0 Å². The normalized spacial score (nSPS) is 11.5. The van der Waals surface area contributed by atoms with Crippen molar-refractivity contribution < 1.29 is 18.1 Å². The van der Waals surface area contributed by atoms with E-state index in [1.165, 1.54) is 25.4 Å². The van der Waals surface area contributed by atoms with Gasteiger partial charge in [0.2, 0.25) is 0 Å². The molecule has 0 spiro atoms. The summed E-state index contributed by atoms with van der Waals surface area (Å²) in [7, 11) is -2.66. The van der Waals surface area contributed by atoms with Gasteiger partial charge in [0.15, 0.2) is 5.75 Å². The Balaban J connectivity index is 2.21. The lowest BCUT2D eigenvalue weighted by atomic mass is 10.3. The SMILES string of the molecule is COc1ccc(S(=O)(=O)n2ccc3ccccc32)cc1[N+](=O)[O-]. The third-order valence-electron chi connectivity index (χ3n) is 3.47. The molecule has 0 radical (unpaired) electrons. The maximum absolute atomic E-state index is 12.8. The maximum atomic E-state index is 12.8. The second-order valence-electron chi connectivity index (χ2n) is 4.77. The number of methoxy groups -OCH3 is 1. The molecule has 0 bridgehead atoms. The molecule has 0 atom stereocenters. The van der Waals surface area contributed by atoms with Crippen molar-refractivity contribution in [1.82, 2.24) is 3.97 Å². The van der Waals surface area contributed by atoms with Crippen molar-refractivity contribution in [2.45, 2.75) is 4.90 Å². The minimum Gasteiger partial charge on any atom is -0.490 e. The molecule has 0 saturated carbocycles. The fraction of sp³-hybridized carbons (Fsp3) is 0.0667. The van der Waals surface area contributed by atoms with E-state index in [-0.39, 0.29) is 10.6 Å². The highest BCUT2D eigenvalue weighted by Crippen LogP contribution is 2.31. The Labute approximate surface area is 131 Å². The third-order valence-corrected chi connectivity index (χ3v) is 5.15. The number of ether oxygens (including phenoxy) is 1. The van der Waals surface area contributed by atoms with Crippen molar-refractivity contribution in [3.63, 3.8) is 0 Å². The number of nitrogens with zero attached hydrogens (tertiary/aromatic N) is 2. The number of fused-ring (bicyclic) bond motifs is 1. The van der Waals surface area contributed by atoms with Gasteiger partial charge in [0, 0.05) is 17.6 Å². The Morgan fingerprint density at radius 2 is 1.87 bits per heavy atom. The van der Waals surface area contributed by atoms with Gasteiger partial charge in [-0.2, -0.15) is 0 Å². The highest BCUT2D eigenvalue weighted by molar-refractivity contribution is 7.90. The second kappa shape index (κ2) is 5.40. The molecule has 0 saturated heterocycles. The van der Waals surface area contributed by atoms with Gasteiger partial charge >= 0.3 is 5.69 Å². The zero-order chi connectivity index (χ0) is 16.6. The van der Waals surface area contributed by atoms with Gasteiger partial charge in [0.1, 0.15) is 0 Å². The molecular weight excluding hydrogens is 320 g/mol. The summed E-state index contributed by atoms with van der Waals surface area (Å²) in [4.78, 5) is 10.2. The van der Waals surface area contributed by atoms with Gasteiger partial charge in [-0.05, 0) is 24.3 Å². The number of aromatic nitrogens is 1. The van der Waals surface area contributed by atoms with Crippen LogP contribution in [0.25, 0.3) is 10.9 Å². The molecular formula is C15H12N2O5S. The number of para-hydroxylation sites is 1. The largest absolute Gasteiger partial charge is 0.490 e. The summed E-state index contributed by atoms with van der Waals surface area (Å²) in [5, 5.41) is 11.8. The van der Waals surface area contributed by atoms with Crippen molar-refractivity contribution in [3.8, 4) is 5.75 Å². The second-order valence-corrected chi connectivity index (χ2v) is 6.58. The Bertz CT molecular complexity index is 1010. The van der Waals surface area contributed by atoms with Crippen LogP contribution in [0.15, 0.2) is 59.6 Å². The molecule has 0 aliphatic heterocycles. The Morgan fingerprint density at radius 3 is 2.57 bits per heavy atom. The van der Waals surface area contributed by atoms with Crippen LogP contribution in [-0.4, -0.2) is 24.4 Å². The van der Waals surface area contributed by atoms with E-state index >= 15 is 0 Å². The van der Waals surface area contributed by atoms with E-state index in [2.05, 4.69) is 0 Å². The number of nitro groups is 1. The smallest absolute Gasteiger partial charge is 0.312 e. The molecule has 0 aliphatic rings. The molecule has 0 N–H and O–H groups in total. The summed E-state index contributed by atoms with van der Waals surface area (Å²) in [6, 6.07) is 12.2. The van der Waals surface area contributed by atoms with Crippen molar-refractivity contribution in [3.05, 3.63) is 64.8 Å². The van der Waals surface area contributed by atoms with Crippen LogP contribution in [0.3, 0.4) is 0 Å². The van der Waals surface area contributed by atoms with E-state index in [0.717, 1.165) is 15.4 Å². The molecule has 118 valence electrons. The lowest BCUT2D eigenvalue weighted by Crippen LogP contribution is -2.12. The summed E-state index contributed by atoms with van der Waals surface area (Å²) in [5.74, 6) is 0.00585. The molecule has 1 heterocycles. The summed E-state index contributed by atoms with van der Waals surface area (Å²) >= 11 is 0. The highest BCUT2D eigenvalue weighted by atomic mass is 32.2. The van der Waals surface area contributed by atoms with Crippen LogP contribution in [0.2, 0.25) is 0 Å². The molecule has 2 aromatic carbocycles. The quantitative estimate of drug-likeness (QED) is 0.541. The molecule has 0 aliphatic carbocycles. The predicted octanol–water partition coefficient (Wildman–Crippen LogP) is 2.80. The number of benzene rings is 2. The van der Waals surface area contributed by atoms with E-state index in [9.17, 15) is 18.5 Å². The molecule has 7 nitrogen and oxygen atoms in total. The average molecular weight is 332 g/mol. The van der Waals surface area contributed by atoms with Crippen molar-refractivity contribution in [2.24, 2.45) is 0 Å². The molecule has 0 amide bonds. The van der Waals surface area contributed by atoms with Crippen LogP contribution in [0.5, 0.6) is 5.75 Å². The number of nitro benzene ring substituents is 1. The third kappa shape index (κ3) is 2.42. The first-order chi connectivity index (χ1) is 10.9. The highest BCUT2D eigenvalue weighted by Gasteiger charge is 2.24. The first-order valence-corrected chi connectivity index (χ1v) is 8.03. The molecule has 8 heteroatoms. The summed E-state index contributed by atoms with van der Waals surface area (Å²) in [6.45, 7) is 0. The fourth-order valence-corrected chi connectivity index (χ4v) is 3.73. The minimum atomic E-state index is -3.95. The van der Waals surface area contributed by atoms with Crippen LogP contribution < -0.4 is 4.74 Å². The number of hydrogen-bond donors (Lipinski definition) is 0. The number of rotatable bonds is 4. The Morgan fingerprint density at radius 1 is 1.13 bits per heavy atom. The molecule has 0 fully saturated rings. The van der Waals surface area contributed by atoms with Crippen molar-refractivity contribution in [1.29, 1.82) is 0 Å². The van der Waals surface area contributed by atoms with Gasteiger partial charge in [-0.3, -0.25) is 10.1 Å². The minimum absolute atomic E-state index is 0.00585. The van der Waals surface area contributed by atoms with Crippen LogP contribution in [0, 0.1) is 10.1 Å². The zero-order valence-electron chi connectivity index (χ0n) is 12.0. The van der Waals surface area contributed by atoms with Gasteiger partial charge in [-0.1, -0.05) is 18.2 Å². The number of hydrogen-bond acceptors (Lipinski definition) is 5. The zero-order valence-corrected chi connectivity index (χ0v) is 12.9. The first kappa shape index (κ1) is 15.0. The van der Waals surface area contributed by atoms with Gasteiger partial charge < -0.3 is 4.74 Å². The Hall–Kier alpha value is -2.87. The molecule has 3 aromatic rings. The van der Waals surface area contributed by atoms with Gasteiger partial charge in [-0.15, -0.1) is 0 Å². The van der Waals surface area contributed by atoms with E-state index in [0.29, 0.717) is 5.52 Å². The lowest BCUT2D eigenvalue weighted by molar-refractivity contribution is -0.386. The topological polar surface area (TPSA) is 91.4 Å². The van der Waals surface area contributed by atoms with Gasteiger partial charge in [0.05, 0.1) is 22.4 Å². The molecule has 0 unspecified atom stereocenters. The predicted molar refractivity (Wildman–Crippen MR) is 84.2 cm³/mol. The lowest BCUT2D eigenvalue weighted by Gasteiger charge is -2.09. The van der Waals surface area contributed by atoms with Crippen LogP contribution >= 0.6 is 0 Å². The van der Waals surface area contributed by atoms with Crippen LogP contribution in [-0.2, 0) is 10.0 Å². The van der Waals surface area contributed by atoms with E-state index < -0.39 is 20.6 Å². The van der Waals surface area contributed by atoms with E-state index in [1.807, 2.05) is 0 Å². The van der Waals surface area contributed by atoms with Crippen LogP contribution in [0.1, 0.15) is 0 Å². The maximum Gasteiger partial charge on any atom is 0.312 e. The molecule has 1 aromatic heterocycles. The first-order valence-electron chi connectivity index (χ1n) is 6.59. The monoisotopic (exact) mass is 332 g/mol. The van der Waals surface area contributed by atoms with Gasteiger partial charge in [-0.25, -0.2) is 12.4 Å². The van der Waals surface area contributed by atoms with E-state index in [4.69, 9.17) is 4.74 Å². The molecule has 23 heavy (non-hydrogen) atoms. The summed E-state index contributed by atoms with van der Waals surface area (Å²) in [6.07, 6.45) is 1.43. The van der Waals surface area contributed by atoms with Crippen LogP contribution in [0.4, 0.5) is 5.69 Å². The fourth-order valence-electron chi connectivity index (χ4n) is 2.35. The average Bonchev–Trinajstić information content (AvgIpc) is 2.98. The molecule has 3 rings (SSSR count). The van der Waals surface area contributed by atoms with Crippen molar-refractivity contribution >= 4 is 26.6 Å². The van der Waals surface area contributed by atoms with Crippen molar-refractivity contribution in [2.75, 3.05) is 7.11 Å². The Kier molecular flexibility index (Phi) is 3.53. The standard InChI is InChI=1S/C15H12N2O5S/c1-22-15-7-6-12(10-14(15)17(18)19)23(20,21)16-9-8-11-4-2-3-5-13(11)16/h2-10H,1H3.